The van der Waals surface area contributed by atoms with Gasteiger partial charge in [0.1, 0.15) is 29.0 Å². The largest absolute Gasteiger partial charge is 0.457 e. The third kappa shape index (κ3) is 5.15. The van der Waals surface area contributed by atoms with Crippen LogP contribution in [0.1, 0.15) is 41.3 Å². The van der Waals surface area contributed by atoms with Crippen molar-refractivity contribution in [3.05, 3.63) is 128 Å². The fraction of sp³-hybridized carbons (Fsp3) is 0.281. The van der Waals surface area contributed by atoms with Gasteiger partial charge >= 0.3 is 5.69 Å². The molecule has 9 nitrogen and oxygen atoms in total. The van der Waals surface area contributed by atoms with Gasteiger partial charge in [0.2, 0.25) is 5.91 Å². The average Bonchev–Trinajstić information content (AvgIpc) is 3.24. The van der Waals surface area contributed by atoms with E-state index < -0.39 is 53.0 Å². The zero-order valence-corrected chi connectivity index (χ0v) is 23.1. The molecule has 0 radical (unpaired) electrons. The van der Waals surface area contributed by atoms with Gasteiger partial charge in [-0.1, -0.05) is 55.5 Å². The van der Waals surface area contributed by atoms with Gasteiger partial charge in [-0.25, -0.2) is 13.6 Å². The normalized spacial score (nSPS) is 22.8. The summed E-state index contributed by atoms with van der Waals surface area (Å²) < 4.78 is 42.8. The zero-order chi connectivity index (χ0) is 30.3. The minimum atomic E-state index is -2.23. The molecule has 2 aliphatic heterocycles. The number of nitrogens with one attached hydrogen (secondary N) is 2. The maximum Gasteiger partial charge on any atom is 0.330 e. The van der Waals surface area contributed by atoms with Crippen molar-refractivity contribution < 1.29 is 28.2 Å². The summed E-state index contributed by atoms with van der Waals surface area (Å²) in [7, 11) is 0. The number of aryl methyl sites for hydroxylation is 1. The number of rotatable bonds is 7. The molecule has 1 fully saturated rings. The van der Waals surface area contributed by atoms with E-state index in [0.717, 1.165) is 4.57 Å². The van der Waals surface area contributed by atoms with Gasteiger partial charge in [-0.15, -0.1) is 0 Å². The number of hydrogen-bond donors (Lipinski definition) is 3. The number of carbonyl (C=O) groups is 1. The highest BCUT2D eigenvalue weighted by Crippen LogP contribution is 2.44. The van der Waals surface area contributed by atoms with E-state index in [1.807, 2.05) is 0 Å². The maximum absolute atomic E-state index is 16.3. The summed E-state index contributed by atoms with van der Waals surface area (Å²) in [6, 6.07) is 19.5. The Labute approximate surface area is 244 Å². The van der Waals surface area contributed by atoms with Crippen LogP contribution in [0.25, 0.3) is 0 Å². The molecule has 2 aliphatic rings. The number of ether oxygens (including phenoxy) is 2. The molecule has 1 aromatic heterocycles. The zero-order valence-electron chi connectivity index (χ0n) is 23.1. The quantitative estimate of drug-likeness (QED) is 0.303. The lowest BCUT2D eigenvalue weighted by atomic mass is 9.85. The first-order valence-electron chi connectivity index (χ1n) is 13.9. The summed E-state index contributed by atoms with van der Waals surface area (Å²) in [6.45, 7) is 1.39. The molecule has 0 saturated carbocycles. The van der Waals surface area contributed by atoms with Gasteiger partial charge in [0.25, 0.3) is 5.56 Å². The van der Waals surface area contributed by atoms with Crippen molar-refractivity contribution in [1.82, 2.24) is 14.9 Å². The van der Waals surface area contributed by atoms with Crippen LogP contribution in [0.2, 0.25) is 0 Å². The molecule has 11 heteroatoms. The van der Waals surface area contributed by atoms with Gasteiger partial charge in [-0.3, -0.25) is 19.1 Å². The molecule has 3 aromatic carbocycles. The predicted octanol–water partition coefficient (Wildman–Crippen LogP) is 3.50. The van der Waals surface area contributed by atoms with Crippen LogP contribution in [0, 0.1) is 5.82 Å². The smallest absolute Gasteiger partial charge is 0.330 e. The second kappa shape index (κ2) is 11.2. The minimum absolute atomic E-state index is 0.228. The van der Waals surface area contributed by atoms with Gasteiger partial charge in [-0.05, 0) is 36.2 Å². The number of aromatic nitrogens is 2. The molecule has 6 rings (SSSR count). The number of nitrogens with zero attached hydrogens (tertiary/aromatic N) is 1. The molecule has 1 amide bonds. The Morgan fingerprint density at radius 3 is 2.28 bits per heavy atom. The number of para-hydroxylation sites is 2. The summed E-state index contributed by atoms with van der Waals surface area (Å²) in [5, 5.41) is 14.6. The number of benzene rings is 3. The predicted molar refractivity (Wildman–Crippen MR) is 152 cm³/mol. The fourth-order valence-electron chi connectivity index (χ4n) is 5.81. The lowest BCUT2D eigenvalue weighted by Crippen LogP contribution is -2.52. The van der Waals surface area contributed by atoms with Crippen molar-refractivity contribution in [2.75, 3.05) is 6.54 Å². The number of aromatic amines is 1. The van der Waals surface area contributed by atoms with Gasteiger partial charge in [-0.2, -0.15) is 0 Å². The number of carbonyl (C=O) groups excluding carboxylic acids is 1. The van der Waals surface area contributed by atoms with Crippen LogP contribution in [0.5, 0.6) is 11.5 Å². The van der Waals surface area contributed by atoms with E-state index in [0.29, 0.717) is 28.2 Å². The number of fused-ring (bicyclic) bond motifs is 2. The van der Waals surface area contributed by atoms with Crippen LogP contribution >= 0.6 is 0 Å². The molecule has 0 unspecified atom stereocenters. The van der Waals surface area contributed by atoms with E-state index in [1.165, 1.54) is 30.5 Å². The van der Waals surface area contributed by atoms with Crippen molar-refractivity contribution in [1.29, 1.82) is 0 Å². The first-order chi connectivity index (χ1) is 20.7. The van der Waals surface area contributed by atoms with Gasteiger partial charge in [0.15, 0.2) is 12.4 Å². The van der Waals surface area contributed by atoms with Crippen LogP contribution in [0.15, 0.2) is 88.6 Å². The Hall–Kier alpha value is -4.61. The van der Waals surface area contributed by atoms with E-state index >= 15 is 4.39 Å². The number of amides is 1. The molecular weight excluding hydrogens is 560 g/mol. The van der Waals surface area contributed by atoms with Gasteiger partial charge < -0.3 is 19.9 Å². The summed E-state index contributed by atoms with van der Waals surface area (Å²) in [5.74, 6) is -0.623. The van der Waals surface area contributed by atoms with Gasteiger partial charge in [0, 0.05) is 35.9 Å². The molecule has 1 saturated heterocycles. The molecular formula is C32H29F2N3O6. The number of hydrogen-bond acceptors (Lipinski definition) is 6. The fourth-order valence-corrected chi connectivity index (χ4v) is 5.81. The van der Waals surface area contributed by atoms with Crippen molar-refractivity contribution in [3.63, 3.8) is 0 Å². The second-order valence-electron chi connectivity index (χ2n) is 10.7. The van der Waals surface area contributed by atoms with Crippen LogP contribution < -0.4 is 21.3 Å². The number of aliphatic hydroxyl groups is 1. The Balaban J connectivity index is 1.32. The maximum atomic E-state index is 16.3. The lowest BCUT2D eigenvalue weighted by Gasteiger charge is -2.31. The van der Waals surface area contributed by atoms with E-state index in [9.17, 15) is 23.9 Å². The molecule has 3 N–H and O–H groups in total. The molecule has 222 valence electrons. The van der Waals surface area contributed by atoms with Crippen LogP contribution in [-0.2, 0) is 22.4 Å². The Morgan fingerprint density at radius 2 is 1.65 bits per heavy atom. The van der Waals surface area contributed by atoms with Crippen molar-refractivity contribution in [2.45, 2.75) is 49.8 Å². The molecule has 4 atom stereocenters. The minimum Gasteiger partial charge on any atom is -0.457 e. The number of halogens is 2. The van der Waals surface area contributed by atoms with Crippen molar-refractivity contribution >= 4 is 5.91 Å². The van der Waals surface area contributed by atoms with Crippen molar-refractivity contribution in [2.24, 2.45) is 0 Å². The third-order valence-corrected chi connectivity index (χ3v) is 8.09. The molecule has 0 spiro atoms. The van der Waals surface area contributed by atoms with E-state index in [1.54, 1.807) is 55.5 Å². The lowest BCUT2D eigenvalue weighted by molar-refractivity contribution is -0.123. The van der Waals surface area contributed by atoms with E-state index in [-0.39, 0.29) is 24.9 Å². The second-order valence-corrected chi connectivity index (χ2v) is 10.7. The SMILES string of the molecule is CCc1cn([C@@H]2O[C@H](CNC(=O)C3c4ccccc4Oc4ccccc43)[C@](O)(Cc3ccc(F)cc3)[C@H]2F)c(=O)[nH]c1=O. The first-order valence-corrected chi connectivity index (χ1v) is 13.9. The Bertz CT molecular complexity index is 1740. The van der Waals surface area contributed by atoms with Crippen LogP contribution in [-0.4, -0.2) is 45.0 Å². The molecule has 0 aliphatic carbocycles. The third-order valence-electron chi connectivity index (χ3n) is 8.09. The van der Waals surface area contributed by atoms with E-state index in [2.05, 4.69) is 10.3 Å². The van der Waals surface area contributed by atoms with Gasteiger partial charge in [0.05, 0.1) is 5.92 Å². The number of H-pyrrole nitrogens is 1. The number of alkyl halides is 1. The average molecular weight is 590 g/mol. The van der Waals surface area contributed by atoms with Crippen molar-refractivity contribution in [3.8, 4) is 11.5 Å². The monoisotopic (exact) mass is 589 g/mol. The standard InChI is InChI=1S/C32H29F2N3O6/c1-2-19-17-37(31(40)36-28(19)38)30-27(34)32(41,15-18-11-13-20(33)14-12-18)25(43-30)16-35-29(39)26-21-7-3-5-9-23(21)42-24-10-6-4-8-22(24)26/h3-14,17,25-27,30,41H,2,15-16H2,1H3,(H,35,39)(H,36,38,40)/t25-,27+,30-,32-/m1/s1. The highest BCUT2D eigenvalue weighted by Gasteiger charge is 2.57. The summed E-state index contributed by atoms with van der Waals surface area (Å²) in [6.07, 6.45) is -3.90. The highest BCUT2D eigenvalue weighted by atomic mass is 19.1. The van der Waals surface area contributed by atoms with E-state index in [4.69, 9.17) is 9.47 Å². The Kier molecular flexibility index (Phi) is 7.45. The molecule has 4 aromatic rings. The summed E-state index contributed by atoms with van der Waals surface area (Å²) in [4.78, 5) is 40.8. The Morgan fingerprint density at radius 1 is 1.02 bits per heavy atom. The summed E-state index contributed by atoms with van der Waals surface area (Å²) in [5.41, 5.74) is -1.81. The van der Waals surface area contributed by atoms with Crippen LogP contribution in [0.3, 0.4) is 0 Å². The topological polar surface area (TPSA) is 123 Å². The first kappa shape index (κ1) is 28.5. The van der Waals surface area contributed by atoms with Crippen LogP contribution in [0.4, 0.5) is 8.78 Å². The highest BCUT2D eigenvalue weighted by molar-refractivity contribution is 5.89. The molecule has 43 heavy (non-hydrogen) atoms. The summed E-state index contributed by atoms with van der Waals surface area (Å²) >= 11 is 0. The molecule has 3 heterocycles. The molecule has 0 bridgehead atoms.